The summed E-state index contributed by atoms with van der Waals surface area (Å²) in [5.41, 5.74) is 4.71. The van der Waals surface area contributed by atoms with Gasteiger partial charge < -0.3 is 24.2 Å². The highest BCUT2D eigenvalue weighted by molar-refractivity contribution is 5.78. The number of likely N-dealkylation sites (N-methyl/N-ethyl adjacent to an activating group) is 1. The van der Waals surface area contributed by atoms with Gasteiger partial charge in [-0.05, 0) is 72.9 Å². The minimum absolute atomic E-state index is 0.0907. The first kappa shape index (κ1) is 28.5. The van der Waals surface area contributed by atoms with Crippen LogP contribution in [-0.4, -0.2) is 111 Å². The second kappa shape index (κ2) is 12.4. The Kier molecular flexibility index (Phi) is 8.05. The maximum atomic E-state index is 13.9. The standard InChI is InChI=1S/C33H40N8O3/c1-23-4-3-5-26(18-23)30-21-40(28-14-17-43-22-28)33(42)41(30)27-12-15-39(16-13-27)20-24-6-11-31(38(2)19-24)44-29-9-7-25(8-10-29)32-34-36-37-35-32/h3-11,18,27-28,30H,12-17,19-22H2,1-2H3,(H,34,35,36,37). The van der Waals surface area contributed by atoms with Gasteiger partial charge in [0, 0.05) is 58.0 Å². The van der Waals surface area contributed by atoms with Gasteiger partial charge in [-0.1, -0.05) is 35.9 Å². The molecule has 5 heterocycles. The van der Waals surface area contributed by atoms with Crippen molar-refractivity contribution in [2.75, 3.05) is 53.0 Å². The van der Waals surface area contributed by atoms with Crippen molar-refractivity contribution >= 4 is 6.03 Å². The molecule has 3 aromatic rings. The molecule has 4 aliphatic heterocycles. The van der Waals surface area contributed by atoms with Crippen LogP contribution < -0.4 is 4.74 Å². The molecule has 3 fully saturated rings. The zero-order chi connectivity index (χ0) is 30.0. The van der Waals surface area contributed by atoms with Crippen LogP contribution in [0.4, 0.5) is 4.79 Å². The number of hydrogen-bond donors (Lipinski definition) is 1. The molecule has 0 bridgehead atoms. The molecular weight excluding hydrogens is 556 g/mol. The molecule has 0 spiro atoms. The monoisotopic (exact) mass is 596 g/mol. The molecule has 3 saturated heterocycles. The Morgan fingerprint density at radius 1 is 1.05 bits per heavy atom. The van der Waals surface area contributed by atoms with E-state index in [2.05, 4.69) is 90.6 Å². The lowest BCUT2D eigenvalue weighted by Crippen LogP contribution is -2.48. The van der Waals surface area contributed by atoms with Crippen LogP contribution in [0.3, 0.4) is 0 Å². The van der Waals surface area contributed by atoms with Crippen LogP contribution in [0.5, 0.6) is 5.75 Å². The molecule has 11 heteroatoms. The normalized spacial score (nSPS) is 23.3. The predicted molar refractivity (Wildman–Crippen MR) is 166 cm³/mol. The van der Waals surface area contributed by atoms with Crippen LogP contribution in [0.2, 0.25) is 0 Å². The van der Waals surface area contributed by atoms with Crippen LogP contribution in [0, 0.1) is 6.92 Å². The first-order chi connectivity index (χ1) is 21.5. The summed E-state index contributed by atoms with van der Waals surface area (Å²) in [5.74, 6) is 2.13. The third-order valence-electron chi connectivity index (χ3n) is 9.28. The number of H-pyrrole nitrogens is 1. The fourth-order valence-corrected chi connectivity index (χ4v) is 6.95. The third kappa shape index (κ3) is 5.94. The Morgan fingerprint density at radius 2 is 1.89 bits per heavy atom. The van der Waals surface area contributed by atoms with E-state index >= 15 is 0 Å². The van der Waals surface area contributed by atoms with E-state index in [0.717, 1.165) is 75.8 Å². The fourth-order valence-electron chi connectivity index (χ4n) is 6.95. The molecule has 4 aliphatic rings. The lowest BCUT2D eigenvalue weighted by molar-refractivity contribution is 0.112. The van der Waals surface area contributed by atoms with Crippen LogP contribution >= 0.6 is 0 Å². The number of aromatic amines is 1. The average Bonchev–Trinajstić information content (AvgIpc) is 3.82. The quantitative estimate of drug-likeness (QED) is 0.417. The van der Waals surface area contributed by atoms with Crippen molar-refractivity contribution in [3.05, 3.63) is 83.3 Å². The van der Waals surface area contributed by atoms with E-state index in [4.69, 9.17) is 9.47 Å². The molecule has 0 aliphatic carbocycles. The van der Waals surface area contributed by atoms with E-state index in [1.54, 1.807) is 0 Å². The summed E-state index contributed by atoms with van der Waals surface area (Å²) in [6.07, 6.45) is 7.13. The minimum Gasteiger partial charge on any atom is -0.441 e. The lowest BCUT2D eigenvalue weighted by atomic mass is 9.98. The van der Waals surface area contributed by atoms with Crippen molar-refractivity contribution in [2.45, 2.75) is 44.3 Å². The van der Waals surface area contributed by atoms with Gasteiger partial charge >= 0.3 is 6.03 Å². The van der Waals surface area contributed by atoms with Gasteiger partial charge in [-0.2, -0.15) is 5.21 Å². The molecule has 2 unspecified atom stereocenters. The average molecular weight is 597 g/mol. The summed E-state index contributed by atoms with van der Waals surface area (Å²) in [5, 5.41) is 14.1. The Morgan fingerprint density at radius 3 is 2.59 bits per heavy atom. The van der Waals surface area contributed by atoms with E-state index < -0.39 is 0 Å². The smallest absolute Gasteiger partial charge is 0.321 e. The Bertz CT molecular complexity index is 1510. The zero-order valence-electron chi connectivity index (χ0n) is 25.4. The van der Waals surface area contributed by atoms with Gasteiger partial charge in [0.25, 0.3) is 0 Å². The van der Waals surface area contributed by atoms with Gasteiger partial charge in [0.2, 0.25) is 5.82 Å². The number of carbonyl (C=O) groups is 1. The number of amides is 2. The summed E-state index contributed by atoms with van der Waals surface area (Å²) in [7, 11) is 2.06. The Balaban J connectivity index is 0.970. The molecule has 0 saturated carbocycles. The van der Waals surface area contributed by atoms with Gasteiger partial charge in [0.05, 0.1) is 18.7 Å². The summed E-state index contributed by atoms with van der Waals surface area (Å²) >= 11 is 0. The highest BCUT2D eigenvalue weighted by Gasteiger charge is 2.45. The van der Waals surface area contributed by atoms with Gasteiger partial charge in [-0.15, -0.1) is 10.2 Å². The highest BCUT2D eigenvalue weighted by atomic mass is 16.5. The number of aryl methyl sites for hydroxylation is 1. The molecule has 44 heavy (non-hydrogen) atoms. The van der Waals surface area contributed by atoms with Crippen molar-refractivity contribution in [3.63, 3.8) is 0 Å². The Hall–Kier alpha value is -4.22. The number of urea groups is 1. The van der Waals surface area contributed by atoms with Crippen molar-refractivity contribution in [1.29, 1.82) is 0 Å². The molecule has 2 amide bonds. The van der Waals surface area contributed by atoms with E-state index in [9.17, 15) is 4.79 Å². The zero-order valence-corrected chi connectivity index (χ0v) is 25.4. The number of nitrogens with one attached hydrogen (secondary N) is 1. The number of aromatic nitrogens is 4. The van der Waals surface area contributed by atoms with Gasteiger partial charge in [0.15, 0.2) is 5.88 Å². The third-order valence-corrected chi connectivity index (χ3v) is 9.28. The van der Waals surface area contributed by atoms with Crippen LogP contribution in [0.15, 0.2) is 72.1 Å². The number of piperidine rings is 1. The predicted octanol–water partition coefficient (Wildman–Crippen LogP) is 4.00. The molecule has 1 aromatic heterocycles. The number of ether oxygens (including phenoxy) is 2. The number of benzene rings is 2. The minimum atomic E-state index is 0.0907. The van der Waals surface area contributed by atoms with E-state index in [0.29, 0.717) is 12.4 Å². The summed E-state index contributed by atoms with van der Waals surface area (Å²) in [4.78, 5) is 22.8. The topological polar surface area (TPSA) is 103 Å². The van der Waals surface area contributed by atoms with Crippen molar-refractivity contribution < 1.29 is 14.3 Å². The second-order valence-electron chi connectivity index (χ2n) is 12.3. The Labute approximate surface area is 258 Å². The van der Waals surface area contributed by atoms with Crippen molar-refractivity contribution in [2.24, 2.45) is 0 Å². The van der Waals surface area contributed by atoms with E-state index in [1.165, 1.54) is 16.7 Å². The number of carbonyl (C=O) groups excluding carboxylic acids is 1. The van der Waals surface area contributed by atoms with Crippen LogP contribution in [0.1, 0.15) is 36.4 Å². The maximum Gasteiger partial charge on any atom is 0.321 e. The molecule has 230 valence electrons. The van der Waals surface area contributed by atoms with Gasteiger partial charge in [-0.3, -0.25) is 4.90 Å². The lowest BCUT2D eigenvalue weighted by Gasteiger charge is -2.39. The number of tetrazole rings is 1. The van der Waals surface area contributed by atoms with Crippen molar-refractivity contribution in [1.82, 2.24) is 40.2 Å². The first-order valence-corrected chi connectivity index (χ1v) is 15.6. The number of hydrogen-bond acceptors (Lipinski definition) is 8. The number of allylic oxidation sites excluding steroid dienone is 2. The maximum absolute atomic E-state index is 13.9. The van der Waals surface area contributed by atoms with Crippen LogP contribution in [-0.2, 0) is 4.74 Å². The van der Waals surface area contributed by atoms with E-state index in [-0.39, 0.29) is 24.2 Å². The second-order valence-corrected chi connectivity index (χ2v) is 12.3. The molecule has 2 atom stereocenters. The summed E-state index contributed by atoms with van der Waals surface area (Å²) < 4.78 is 11.8. The summed E-state index contributed by atoms with van der Waals surface area (Å²) in [6.45, 7) is 7.94. The SMILES string of the molecule is Cc1cccc(C2CN(C3CCOC3)C(=O)N2C2CCN(CC3=CC=C(Oc4ccc(-c5nn[nH]n5)cc4)N(C)C3)CC2)c1. The van der Waals surface area contributed by atoms with E-state index in [1.807, 2.05) is 24.3 Å². The molecule has 1 N–H and O–H groups in total. The number of likely N-dealkylation sites (tertiary alicyclic amines) is 1. The molecule has 2 aromatic carbocycles. The van der Waals surface area contributed by atoms with Crippen LogP contribution in [0.25, 0.3) is 11.4 Å². The van der Waals surface area contributed by atoms with Crippen molar-refractivity contribution in [3.8, 4) is 17.1 Å². The summed E-state index contributed by atoms with van der Waals surface area (Å²) in [6, 6.07) is 17.1. The van der Waals surface area contributed by atoms with Gasteiger partial charge in [-0.25, -0.2) is 4.79 Å². The van der Waals surface area contributed by atoms with Gasteiger partial charge in [0.1, 0.15) is 5.75 Å². The number of nitrogens with zero attached hydrogens (tertiary/aromatic N) is 7. The molecule has 11 nitrogen and oxygen atoms in total. The largest absolute Gasteiger partial charge is 0.441 e. The highest BCUT2D eigenvalue weighted by Crippen LogP contribution is 2.37. The molecule has 0 radical (unpaired) electrons. The first-order valence-electron chi connectivity index (χ1n) is 15.6. The molecular formula is C33H40N8O3. The number of rotatable bonds is 8. The fraction of sp³-hybridized carbons (Fsp3) is 0.455. The molecule has 7 rings (SSSR count).